The van der Waals surface area contributed by atoms with Crippen LogP contribution in [0.4, 0.5) is 0 Å². The number of nitrogens with zero attached hydrogens (tertiary/aromatic N) is 3. The van der Waals surface area contributed by atoms with Crippen LogP contribution in [-0.2, 0) is 22.0 Å². The highest BCUT2D eigenvalue weighted by atomic mass is 35.5. The van der Waals surface area contributed by atoms with Crippen molar-refractivity contribution in [3.05, 3.63) is 46.5 Å². The zero-order valence-corrected chi connectivity index (χ0v) is 15.2. The van der Waals surface area contributed by atoms with Gasteiger partial charge in [0.2, 0.25) is 0 Å². The molecule has 2 rings (SSSR count). The summed E-state index contributed by atoms with van der Waals surface area (Å²) in [6, 6.07) is 4.53. The fraction of sp³-hybridized carbons (Fsp3) is 0.429. The highest BCUT2D eigenvalue weighted by Crippen LogP contribution is 2.43. The number of rotatable bonds is 5. The molecule has 0 saturated heterocycles. The predicted molar refractivity (Wildman–Crippen MR) is 89.3 cm³/mol. The molecule has 0 saturated carbocycles. The van der Waals surface area contributed by atoms with Gasteiger partial charge in [0.05, 0.1) is 6.54 Å². The first-order valence-electron chi connectivity index (χ1n) is 6.69. The van der Waals surface area contributed by atoms with E-state index in [4.69, 9.17) is 23.2 Å². The van der Waals surface area contributed by atoms with E-state index in [0.29, 0.717) is 5.02 Å². The molecule has 0 aliphatic rings. The van der Waals surface area contributed by atoms with Crippen LogP contribution in [0.25, 0.3) is 0 Å². The van der Waals surface area contributed by atoms with Gasteiger partial charge in [-0.2, -0.15) is 5.10 Å². The van der Waals surface area contributed by atoms with Gasteiger partial charge in [-0.15, -0.1) is 0 Å². The smallest absolute Gasteiger partial charge is 0.155 e. The van der Waals surface area contributed by atoms with E-state index in [9.17, 15) is 13.5 Å². The Morgan fingerprint density at radius 2 is 1.96 bits per heavy atom. The van der Waals surface area contributed by atoms with Crippen molar-refractivity contribution >= 4 is 33.0 Å². The Bertz CT molecular complexity index is 807. The third-order valence-electron chi connectivity index (χ3n) is 4.16. The second kappa shape index (κ2) is 6.05. The van der Waals surface area contributed by atoms with Gasteiger partial charge in [0, 0.05) is 21.9 Å². The van der Waals surface area contributed by atoms with Gasteiger partial charge in [-0.1, -0.05) is 29.3 Å². The first-order chi connectivity index (χ1) is 10.5. The molecule has 9 heteroatoms. The van der Waals surface area contributed by atoms with Crippen LogP contribution in [0.5, 0.6) is 0 Å². The largest absolute Gasteiger partial charge is 0.382 e. The van der Waals surface area contributed by atoms with Gasteiger partial charge >= 0.3 is 0 Å². The molecular weight excluding hydrogens is 361 g/mol. The van der Waals surface area contributed by atoms with E-state index >= 15 is 0 Å². The lowest BCUT2D eigenvalue weighted by Gasteiger charge is -2.41. The quantitative estimate of drug-likeness (QED) is 0.863. The number of sulfone groups is 1. The van der Waals surface area contributed by atoms with Gasteiger partial charge in [0.15, 0.2) is 9.84 Å². The molecule has 1 atom stereocenters. The molecule has 0 bridgehead atoms. The van der Waals surface area contributed by atoms with Crippen molar-refractivity contribution in [2.75, 3.05) is 6.26 Å². The predicted octanol–water partition coefficient (Wildman–Crippen LogP) is 2.30. The average Bonchev–Trinajstić information content (AvgIpc) is 2.89. The maximum atomic E-state index is 12.3. The van der Waals surface area contributed by atoms with Crippen LogP contribution in [-0.4, -0.2) is 39.3 Å². The van der Waals surface area contributed by atoms with Crippen molar-refractivity contribution in [2.24, 2.45) is 0 Å². The lowest BCUT2D eigenvalue weighted by Crippen LogP contribution is -2.55. The van der Waals surface area contributed by atoms with Crippen molar-refractivity contribution in [2.45, 2.75) is 30.7 Å². The Labute approximate surface area is 145 Å². The molecule has 0 spiro atoms. The number of hydrogen-bond donors (Lipinski definition) is 1. The zero-order valence-electron chi connectivity index (χ0n) is 12.9. The molecule has 0 radical (unpaired) electrons. The Morgan fingerprint density at radius 1 is 1.30 bits per heavy atom. The van der Waals surface area contributed by atoms with E-state index in [1.54, 1.807) is 6.07 Å². The molecule has 2 aromatic rings. The second-order valence-electron chi connectivity index (χ2n) is 5.86. The molecule has 23 heavy (non-hydrogen) atoms. The van der Waals surface area contributed by atoms with E-state index in [1.165, 1.54) is 43.3 Å². The van der Waals surface area contributed by atoms with Crippen LogP contribution in [0.15, 0.2) is 30.9 Å². The Hall–Kier alpha value is -1.15. The zero-order chi connectivity index (χ0) is 17.5. The molecule has 1 unspecified atom stereocenters. The highest BCUT2D eigenvalue weighted by molar-refractivity contribution is 7.92. The number of hydrogen-bond acceptors (Lipinski definition) is 5. The van der Waals surface area contributed by atoms with Gasteiger partial charge in [0.25, 0.3) is 0 Å². The maximum absolute atomic E-state index is 12.3. The third-order valence-corrected chi connectivity index (χ3v) is 6.90. The first-order valence-corrected chi connectivity index (χ1v) is 9.34. The molecule has 0 aliphatic heterocycles. The fourth-order valence-electron chi connectivity index (χ4n) is 2.28. The average molecular weight is 378 g/mol. The normalized spacial score (nSPS) is 15.4. The van der Waals surface area contributed by atoms with Crippen LogP contribution in [0.2, 0.25) is 10.0 Å². The first kappa shape index (κ1) is 18.2. The Kier molecular flexibility index (Phi) is 4.79. The molecule has 1 aromatic heterocycles. The van der Waals surface area contributed by atoms with Crippen LogP contribution < -0.4 is 0 Å². The van der Waals surface area contributed by atoms with E-state index in [2.05, 4.69) is 10.1 Å². The van der Waals surface area contributed by atoms with Gasteiger partial charge in [-0.05, 0) is 26.0 Å². The second-order valence-corrected chi connectivity index (χ2v) is 9.27. The Morgan fingerprint density at radius 3 is 2.43 bits per heavy atom. The van der Waals surface area contributed by atoms with E-state index < -0.39 is 20.2 Å². The molecule has 1 aromatic carbocycles. The summed E-state index contributed by atoms with van der Waals surface area (Å²) < 4.78 is 24.4. The molecular formula is C14H17Cl2N3O3S. The van der Waals surface area contributed by atoms with Gasteiger partial charge in [-0.3, -0.25) is 0 Å². The van der Waals surface area contributed by atoms with Crippen LogP contribution in [0.1, 0.15) is 19.4 Å². The minimum atomic E-state index is -3.64. The summed E-state index contributed by atoms with van der Waals surface area (Å²) in [5.74, 6) is 0. The number of halogens is 2. The Balaban J connectivity index is 2.69. The van der Waals surface area contributed by atoms with Crippen molar-refractivity contribution in [1.29, 1.82) is 0 Å². The van der Waals surface area contributed by atoms with Crippen molar-refractivity contribution in [3.8, 4) is 0 Å². The lowest BCUT2D eigenvalue weighted by molar-refractivity contribution is -0.0168. The lowest BCUT2D eigenvalue weighted by atomic mass is 9.82. The van der Waals surface area contributed by atoms with Gasteiger partial charge < -0.3 is 5.11 Å². The van der Waals surface area contributed by atoms with Crippen LogP contribution in [0, 0.1) is 0 Å². The minimum absolute atomic E-state index is 0.131. The molecule has 6 nitrogen and oxygen atoms in total. The SMILES string of the molecule is CC(C)(C(O)(Cn1cncn1)c1ccc(Cl)cc1Cl)S(C)(=O)=O. The summed E-state index contributed by atoms with van der Waals surface area (Å²) >= 11 is 12.1. The molecule has 126 valence electrons. The van der Waals surface area contributed by atoms with Crippen molar-refractivity contribution < 1.29 is 13.5 Å². The monoisotopic (exact) mass is 377 g/mol. The number of aromatic nitrogens is 3. The number of benzene rings is 1. The molecule has 0 fully saturated rings. The third kappa shape index (κ3) is 3.24. The van der Waals surface area contributed by atoms with E-state index in [1.807, 2.05) is 0 Å². The summed E-state index contributed by atoms with van der Waals surface area (Å²) in [5.41, 5.74) is -1.58. The topological polar surface area (TPSA) is 85.1 Å². The maximum Gasteiger partial charge on any atom is 0.155 e. The molecule has 1 N–H and O–H groups in total. The molecule has 1 heterocycles. The van der Waals surface area contributed by atoms with E-state index in [0.717, 1.165) is 6.26 Å². The minimum Gasteiger partial charge on any atom is -0.382 e. The summed E-state index contributed by atoms with van der Waals surface area (Å²) in [4.78, 5) is 3.82. The van der Waals surface area contributed by atoms with Crippen molar-refractivity contribution in [3.63, 3.8) is 0 Å². The fourth-order valence-corrected chi connectivity index (χ4v) is 3.63. The van der Waals surface area contributed by atoms with Crippen molar-refractivity contribution in [1.82, 2.24) is 14.8 Å². The van der Waals surface area contributed by atoms with E-state index in [-0.39, 0.29) is 17.1 Å². The summed E-state index contributed by atoms with van der Waals surface area (Å²) in [5, 5.41) is 15.9. The number of aliphatic hydroxyl groups is 1. The van der Waals surface area contributed by atoms with Gasteiger partial charge in [-0.25, -0.2) is 18.1 Å². The van der Waals surface area contributed by atoms with Crippen LogP contribution in [0.3, 0.4) is 0 Å². The molecule has 0 aliphatic carbocycles. The highest BCUT2D eigenvalue weighted by Gasteiger charge is 2.53. The summed E-state index contributed by atoms with van der Waals surface area (Å²) in [6.07, 6.45) is 3.77. The molecule has 0 amide bonds. The summed E-state index contributed by atoms with van der Waals surface area (Å²) in [6.45, 7) is 2.77. The van der Waals surface area contributed by atoms with Crippen LogP contribution >= 0.6 is 23.2 Å². The summed E-state index contributed by atoms with van der Waals surface area (Å²) in [7, 11) is -3.64. The standard InChI is InChI=1S/C14H17Cl2N3O3S/c1-13(2,23(3,21)22)14(20,7-19-9-17-8-18-19)11-5-4-10(15)6-12(11)16/h4-6,8-9,20H,7H2,1-3H3. The van der Waals surface area contributed by atoms with Gasteiger partial charge in [0.1, 0.15) is 23.0 Å².